The van der Waals surface area contributed by atoms with Gasteiger partial charge < -0.3 is 24.3 Å². The molecule has 0 bridgehead atoms. The first-order valence-electron chi connectivity index (χ1n) is 10.8. The smallest absolute Gasteiger partial charge is 0.411 e. The molecule has 0 aliphatic carbocycles. The zero-order valence-electron chi connectivity index (χ0n) is 19.7. The predicted octanol–water partition coefficient (Wildman–Crippen LogP) is 2.79. The fraction of sp³-hybridized carbons (Fsp3) is 0.565. The van der Waals surface area contributed by atoms with Gasteiger partial charge in [-0.1, -0.05) is 30.3 Å². The van der Waals surface area contributed by atoms with E-state index in [0.717, 1.165) is 12.7 Å². The molecule has 182 valence electrons. The fourth-order valence-electron chi connectivity index (χ4n) is 3.27. The minimum Gasteiger partial charge on any atom is -0.467 e. The maximum atomic E-state index is 12.8. The number of benzene rings is 1. The van der Waals surface area contributed by atoms with Crippen molar-refractivity contribution in [3.05, 3.63) is 35.9 Å². The van der Waals surface area contributed by atoms with Gasteiger partial charge in [0.2, 0.25) is 0 Å². The van der Waals surface area contributed by atoms with E-state index in [4.69, 9.17) is 18.9 Å². The summed E-state index contributed by atoms with van der Waals surface area (Å²) in [5, 5.41) is 2.38. The first-order valence-corrected chi connectivity index (χ1v) is 10.8. The number of esters is 2. The topological polar surface area (TPSA) is 120 Å². The van der Waals surface area contributed by atoms with Gasteiger partial charge in [0, 0.05) is 6.54 Å². The Kier molecular flexibility index (Phi) is 9.07. The lowest BCUT2D eigenvalue weighted by atomic mass is 10.1. The fourth-order valence-corrected chi connectivity index (χ4v) is 3.27. The third kappa shape index (κ3) is 7.96. The average Bonchev–Trinajstić information content (AvgIpc) is 3.25. The van der Waals surface area contributed by atoms with Gasteiger partial charge in [-0.15, -0.1) is 0 Å². The van der Waals surface area contributed by atoms with Gasteiger partial charge in [-0.3, -0.25) is 4.90 Å². The second kappa shape index (κ2) is 11.5. The largest absolute Gasteiger partial charge is 0.467 e. The Morgan fingerprint density at radius 3 is 2.42 bits per heavy atom. The molecule has 10 heteroatoms. The Bertz CT molecular complexity index is 837. The van der Waals surface area contributed by atoms with E-state index in [-0.39, 0.29) is 6.61 Å². The first kappa shape index (κ1) is 26.0. The number of carbonyl (C=O) groups excluding carboxylic acids is 4. The first-order chi connectivity index (χ1) is 15.5. The molecule has 0 saturated carbocycles. The van der Waals surface area contributed by atoms with Crippen LogP contribution in [0, 0.1) is 0 Å². The standard InChI is InChI=1S/C23H32N2O8/c1-15(32-19(26)17-12-9-13-25(17)22(29)33-23(2,3)4)18(20(27)30-5)24-21(28)31-14-16-10-7-6-8-11-16/h6-8,10-11,15,17-18H,9,12-14H2,1-5H3,(H,24,28)/t15-,17-,18-/m0/s1. The third-order valence-corrected chi connectivity index (χ3v) is 4.87. The highest BCUT2D eigenvalue weighted by Crippen LogP contribution is 2.22. The van der Waals surface area contributed by atoms with E-state index in [1.165, 1.54) is 11.8 Å². The number of likely N-dealkylation sites (tertiary alicyclic amines) is 1. The number of amides is 2. The molecule has 1 aromatic rings. The highest BCUT2D eigenvalue weighted by Gasteiger charge is 2.40. The lowest BCUT2D eigenvalue weighted by molar-refractivity contribution is -0.159. The second-order valence-corrected chi connectivity index (χ2v) is 8.68. The number of hydrogen-bond acceptors (Lipinski definition) is 8. The van der Waals surface area contributed by atoms with Crippen LogP contribution in [0.4, 0.5) is 9.59 Å². The Morgan fingerprint density at radius 2 is 1.82 bits per heavy atom. The highest BCUT2D eigenvalue weighted by atomic mass is 16.6. The Labute approximate surface area is 193 Å². The summed E-state index contributed by atoms with van der Waals surface area (Å²) >= 11 is 0. The molecule has 0 radical (unpaired) electrons. The van der Waals surface area contributed by atoms with Crippen LogP contribution in [0.3, 0.4) is 0 Å². The van der Waals surface area contributed by atoms with Crippen LogP contribution in [0.15, 0.2) is 30.3 Å². The third-order valence-electron chi connectivity index (χ3n) is 4.87. The number of alkyl carbamates (subject to hydrolysis) is 1. The minimum atomic E-state index is -1.29. The van der Waals surface area contributed by atoms with Gasteiger partial charge in [-0.05, 0) is 46.1 Å². The van der Waals surface area contributed by atoms with Crippen LogP contribution in [0.5, 0.6) is 0 Å². The zero-order valence-corrected chi connectivity index (χ0v) is 19.7. The number of carbonyl (C=O) groups is 4. The lowest BCUT2D eigenvalue weighted by Gasteiger charge is -2.29. The predicted molar refractivity (Wildman–Crippen MR) is 117 cm³/mol. The number of hydrogen-bond donors (Lipinski definition) is 1. The van der Waals surface area contributed by atoms with Crippen LogP contribution < -0.4 is 5.32 Å². The summed E-state index contributed by atoms with van der Waals surface area (Å²) in [7, 11) is 1.15. The molecule has 1 fully saturated rings. The van der Waals surface area contributed by atoms with Gasteiger partial charge in [0.25, 0.3) is 0 Å². The van der Waals surface area contributed by atoms with Crippen molar-refractivity contribution in [2.45, 2.75) is 70.9 Å². The molecule has 0 spiro atoms. The van der Waals surface area contributed by atoms with Crippen LogP contribution in [-0.2, 0) is 35.1 Å². The molecule has 1 aliphatic heterocycles. The molecule has 0 unspecified atom stereocenters. The van der Waals surface area contributed by atoms with Crippen LogP contribution >= 0.6 is 0 Å². The molecule has 2 rings (SSSR count). The summed E-state index contributed by atoms with van der Waals surface area (Å²) in [5.74, 6) is -1.50. The summed E-state index contributed by atoms with van der Waals surface area (Å²) in [6, 6.07) is 6.88. The summed E-state index contributed by atoms with van der Waals surface area (Å²) in [5.41, 5.74) is 0.0618. The maximum Gasteiger partial charge on any atom is 0.411 e. The van der Waals surface area contributed by atoms with Gasteiger partial charge in [0.05, 0.1) is 7.11 Å². The summed E-state index contributed by atoms with van der Waals surface area (Å²) in [6.07, 6.45) is -1.54. The van der Waals surface area contributed by atoms with Crippen molar-refractivity contribution in [3.8, 4) is 0 Å². The van der Waals surface area contributed by atoms with E-state index in [2.05, 4.69) is 5.32 Å². The van der Waals surface area contributed by atoms with Gasteiger partial charge in [0.15, 0.2) is 6.04 Å². The van der Waals surface area contributed by atoms with E-state index in [1.54, 1.807) is 45.0 Å². The van der Waals surface area contributed by atoms with Crippen LogP contribution in [0.1, 0.15) is 46.1 Å². The number of rotatable bonds is 7. The Balaban J connectivity index is 1.98. The van der Waals surface area contributed by atoms with Crippen molar-refractivity contribution in [1.29, 1.82) is 0 Å². The molecule has 1 saturated heterocycles. The van der Waals surface area contributed by atoms with Gasteiger partial charge >= 0.3 is 24.1 Å². The van der Waals surface area contributed by atoms with Crippen molar-refractivity contribution in [1.82, 2.24) is 10.2 Å². The van der Waals surface area contributed by atoms with Crippen molar-refractivity contribution in [3.63, 3.8) is 0 Å². The number of ether oxygens (including phenoxy) is 4. The SMILES string of the molecule is COC(=O)[C@@H](NC(=O)OCc1ccccc1)[C@H](C)OC(=O)[C@@H]1CCCN1C(=O)OC(C)(C)C. The second-order valence-electron chi connectivity index (χ2n) is 8.68. The molecule has 33 heavy (non-hydrogen) atoms. The molecule has 1 N–H and O–H groups in total. The van der Waals surface area contributed by atoms with Crippen LogP contribution in [0.2, 0.25) is 0 Å². The van der Waals surface area contributed by atoms with Crippen molar-refractivity contribution in [2.24, 2.45) is 0 Å². The van der Waals surface area contributed by atoms with Crippen LogP contribution in [0.25, 0.3) is 0 Å². The maximum absolute atomic E-state index is 12.8. The molecule has 1 heterocycles. The number of methoxy groups -OCH3 is 1. The summed E-state index contributed by atoms with van der Waals surface area (Å²) in [6.45, 7) is 7.01. The van der Waals surface area contributed by atoms with Crippen molar-refractivity contribution in [2.75, 3.05) is 13.7 Å². The minimum absolute atomic E-state index is 0.00164. The molecule has 3 atom stereocenters. The monoisotopic (exact) mass is 464 g/mol. The van der Waals surface area contributed by atoms with E-state index < -0.39 is 47.9 Å². The normalized spacial score (nSPS) is 17.5. The molecule has 1 aromatic carbocycles. The van der Waals surface area contributed by atoms with Gasteiger partial charge in [-0.25, -0.2) is 19.2 Å². The number of nitrogens with zero attached hydrogens (tertiary/aromatic N) is 1. The number of nitrogens with one attached hydrogen (secondary N) is 1. The van der Waals surface area contributed by atoms with Crippen molar-refractivity contribution < 1.29 is 38.1 Å². The van der Waals surface area contributed by atoms with E-state index in [1.807, 2.05) is 6.07 Å². The highest BCUT2D eigenvalue weighted by molar-refractivity contribution is 5.84. The Hall–Kier alpha value is -3.30. The summed E-state index contributed by atoms with van der Waals surface area (Å²) < 4.78 is 20.7. The molecule has 10 nitrogen and oxygen atoms in total. The average molecular weight is 465 g/mol. The van der Waals surface area contributed by atoms with E-state index in [9.17, 15) is 19.2 Å². The van der Waals surface area contributed by atoms with E-state index >= 15 is 0 Å². The molecule has 2 amide bonds. The van der Waals surface area contributed by atoms with E-state index in [0.29, 0.717) is 19.4 Å². The molecule has 1 aliphatic rings. The summed E-state index contributed by atoms with van der Waals surface area (Å²) in [4.78, 5) is 51.0. The van der Waals surface area contributed by atoms with Crippen molar-refractivity contribution >= 4 is 24.1 Å². The van der Waals surface area contributed by atoms with Gasteiger partial charge in [-0.2, -0.15) is 0 Å². The lowest BCUT2D eigenvalue weighted by Crippen LogP contribution is -2.51. The molecular weight excluding hydrogens is 432 g/mol. The molecule has 0 aromatic heterocycles. The molecular formula is C23H32N2O8. The zero-order chi connectivity index (χ0) is 24.6. The quantitative estimate of drug-likeness (QED) is 0.483. The van der Waals surface area contributed by atoms with Gasteiger partial charge in [0.1, 0.15) is 24.4 Å². The van der Waals surface area contributed by atoms with Crippen LogP contribution in [-0.4, -0.2) is 66.5 Å². The Morgan fingerprint density at radius 1 is 1.15 bits per heavy atom.